The second-order valence-electron chi connectivity index (χ2n) is 7.54. The molecule has 2 aromatic heterocycles. The van der Waals surface area contributed by atoms with Crippen molar-refractivity contribution in [1.82, 2.24) is 19.7 Å². The van der Waals surface area contributed by atoms with E-state index in [1.54, 1.807) is 24.3 Å². The Labute approximate surface area is 200 Å². The highest BCUT2D eigenvalue weighted by Crippen LogP contribution is 2.35. The van der Waals surface area contributed by atoms with Crippen molar-refractivity contribution >= 4 is 22.7 Å². The number of aromatic nitrogens is 4. The highest BCUT2D eigenvalue weighted by Gasteiger charge is 2.20. The third-order valence-corrected chi connectivity index (χ3v) is 6.24. The maximum atomic E-state index is 13.6. The summed E-state index contributed by atoms with van der Waals surface area (Å²) in [5.74, 6) is 0.986. The first kappa shape index (κ1) is 21.3. The minimum atomic E-state index is -0.424. The molecule has 0 saturated carbocycles. The van der Waals surface area contributed by atoms with Crippen LogP contribution in [0, 0.1) is 11.6 Å². The van der Waals surface area contributed by atoms with Crippen molar-refractivity contribution in [3.63, 3.8) is 0 Å². The predicted molar refractivity (Wildman–Crippen MR) is 123 cm³/mol. The Balaban J connectivity index is 1.39. The van der Waals surface area contributed by atoms with Crippen molar-refractivity contribution in [2.45, 2.75) is 10.9 Å². The summed E-state index contributed by atoms with van der Waals surface area (Å²) in [6, 6.07) is 14.5. The highest BCUT2D eigenvalue weighted by atomic mass is 32.2. The zero-order valence-corrected chi connectivity index (χ0v) is 18.6. The molecule has 0 saturated heterocycles. The van der Waals surface area contributed by atoms with E-state index < -0.39 is 5.82 Å². The Hall–Kier alpha value is -4.25. The third-order valence-electron chi connectivity index (χ3n) is 5.31. The summed E-state index contributed by atoms with van der Waals surface area (Å²) in [6.45, 7) is 0.0625. The van der Waals surface area contributed by atoms with E-state index in [2.05, 4.69) is 15.1 Å². The van der Waals surface area contributed by atoms with Crippen LogP contribution in [-0.4, -0.2) is 26.5 Å². The van der Waals surface area contributed by atoms with Crippen molar-refractivity contribution in [1.29, 1.82) is 0 Å². The minimum Gasteiger partial charge on any atom is -0.454 e. The number of nitrogens with zero attached hydrogens (tertiary/aromatic N) is 4. The molecule has 3 heterocycles. The first-order valence-electron chi connectivity index (χ1n) is 10.4. The molecular weight excluding hydrogens is 478 g/mol. The molecule has 1 aliphatic heterocycles. The van der Waals surface area contributed by atoms with E-state index in [1.165, 1.54) is 52.7 Å². The summed E-state index contributed by atoms with van der Waals surface area (Å²) in [5.41, 5.74) is 1.13. The van der Waals surface area contributed by atoms with E-state index in [4.69, 9.17) is 14.0 Å². The van der Waals surface area contributed by atoms with Gasteiger partial charge in [0.2, 0.25) is 18.5 Å². The molecule has 0 fully saturated rings. The summed E-state index contributed by atoms with van der Waals surface area (Å²) < 4.78 is 44.3. The second kappa shape index (κ2) is 8.51. The Kier molecular flexibility index (Phi) is 5.18. The summed E-state index contributed by atoms with van der Waals surface area (Å²) in [5, 5.41) is 4.62. The Bertz CT molecular complexity index is 1620. The molecular formula is C24H14F2N4O4S. The molecule has 35 heavy (non-hydrogen) atoms. The molecule has 3 aromatic carbocycles. The van der Waals surface area contributed by atoms with Crippen LogP contribution in [0.5, 0.6) is 11.5 Å². The van der Waals surface area contributed by atoms with Crippen LogP contribution in [0.1, 0.15) is 5.89 Å². The van der Waals surface area contributed by atoms with Crippen LogP contribution in [0.3, 0.4) is 0 Å². The molecule has 0 spiro atoms. The number of hydrogen-bond acceptors (Lipinski definition) is 8. The lowest BCUT2D eigenvalue weighted by Crippen LogP contribution is -2.21. The van der Waals surface area contributed by atoms with E-state index in [0.29, 0.717) is 50.5 Å². The smallest absolute Gasteiger partial charge is 0.266 e. The van der Waals surface area contributed by atoms with Gasteiger partial charge in [0.15, 0.2) is 16.7 Å². The molecule has 0 bridgehead atoms. The average Bonchev–Trinajstić information content (AvgIpc) is 3.52. The number of halogens is 2. The van der Waals surface area contributed by atoms with Gasteiger partial charge in [0.25, 0.3) is 5.56 Å². The fraction of sp³-hybridized carbons (Fsp3) is 0.0833. The zero-order chi connectivity index (χ0) is 23.9. The molecule has 1 aliphatic rings. The SMILES string of the molecule is O=c1c2cc3c(cc2nc(SCc2nc(-c4ccc(F)cc4)no2)n1-c1ccc(F)cc1)OCO3. The normalized spacial score (nSPS) is 12.4. The van der Waals surface area contributed by atoms with Crippen molar-refractivity contribution in [2.24, 2.45) is 0 Å². The fourth-order valence-corrected chi connectivity index (χ4v) is 4.48. The number of benzene rings is 3. The number of thioether (sulfide) groups is 1. The van der Waals surface area contributed by atoms with Gasteiger partial charge in [-0.15, -0.1) is 0 Å². The summed E-state index contributed by atoms with van der Waals surface area (Å²) in [6.07, 6.45) is 0. The maximum absolute atomic E-state index is 13.6. The van der Waals surface area contributed by atoms with Gasteiger partial charge in [0, 0.05) is 11.6 Å². The van der Waals surface area contributed by atoms with E-state index in [-0.39, 0.29) is 23.9 Å². The Morgan fingerprint density at radius 3 is 2.34 bits per heavy atom. The lowest BCUT2D eigenvalue weighted by Gasteiger charge is -2.13. The monoisotopic (exact) mass is 492 g/mol. The molecule has 0 radical (unpaired) electrons. The molecule has 5 aromatic rings. The molecule has 174 valence electrons. The lowest BCUT2D eigenvalue weighted by atomic mass is 10.2. The molecule has 0 atom stereocenters. The molecule has 0 N–H and O–H groups in total. The van der Waals surface area contributed by atoms with Gasteiger partial charge in [-0.05, 0) is 54.6 Å². The number of fused-ring (bicyclic) bond motifs is 2. The van der Waals surface area contributed by atoms with E-state index >= 15 is 0 Å². The van der Waals surface area contributed by atoms with Crippen LogP contribution in [0.2, 0.25) is 0 Å². The van der Waals surface area contributed by atoms with Crippen LogP contribution in [0.25, 0.3) is 28.0 Å². The summed E-state index contributed by atoms with van der Waals surface area (Å²) in [7, 11) is 0. The molecule has 6 rings (SSSR count). The second-order valence-corrected chi connectivity index (χ2v) is 8.48. The number of rotatable bonds is 5. The van der Waals surface area contributed by atoms with Gasteiger partial charge in [-0.25, -0.2) is 13.8 Å². The molecule has 11 heteroatoms. The first-order valence-corrected chi connectivity index (χ1v) is 11.4. The van der Waals surface area contributed by atoms with E-state index in [0.717, 1.165) is 0 Å². The fourth-order valence-electron chi connectivity index (χ4n) is 3.63. The minimum absolute atomic E-state index is 0.0625. The maximum Gasteiger partial charge on any atom is 0.266 e. The van der Waals surface area contributed by atoms with Gasteiger partial charge in [-0.1, -0.05) is 16.9 Å². The van der Waals surface area contributed by atoms with Gasteiger partial charge in [-0.2, -0.15) is 4.98 Å². The molecule has 8 nitrogen and oxygen atoms in total. The summed E-state index contributed by atoms with van der Waals surface area (Å²) in [4.78, 5) is 22.5. The van der Waals surface area contributed by atoms with Crippen molar-refractivity contribution < 1.29 is 22.8 Å². The van der Waals surface area contributed by atoms with Crippen molar-refractivity contribution in [3.8, 4) is 28.6 Å². The van der Waals surface area contributed by atoms with E-state index in [9.17, 15) is 13.6 Å². The van der Waals surface area contributed by atoms with Crippen LogP contribution in [0.4, 0.5) is 8.78 Å². The standard InChI is InChI=1S/C24H14F2N4O4S/c25-14-3-1-13(2-4-14)22-28-21(34-29-22)11-35-24-27-18-10-20-19(32-12-33-20)9-17(18)23(31)30(24)16-7-5-15(26)6-8-16/h1-10H,11-12H2. The lowest BCUT2D eigenvalue weighted by molar-refractivity contribution is 0.174. The van der Waals surface area contributed by atoms with Gasteiger partial charge < -0.3 is 14.0 Å². The average molecular weight is 492 g/mol. The van der Waals surface area contributed by atoms with Crippen LogP contribution < -0.4 is 15.0 Å². The molecule has 0 amide bonds. The Morgan fingerprint density at radius 1 is 0.914 bits per heavy atom. The number of ether oxygens (including phenoxy) is 2. The van der Waals surface area contributed by atoms with Crippen molar-refractivity contribution in [3.05, 3.63) is 88.5 Å². The van der Waals surface area contributed by atoms with Crippen molar-refractivity contribution in [2.75, 3.05) is 6.79 Å². The first-order chi connectivity index (χ1) is 17.0. The van der Waals surface area contributed by atoms with Gasteiger partial charge >= 0.3 is 0 Å². The zero-order valence-electron chi connectivity index (χ0n) is 17.8. The Morgan fingerprint density at radius 2 is 1.60 bits per heavy atom. The number of hydrogen-bond donors (Lipinski definition) is 0. The highest BCUT2D eigenvalue weighted by molar-refractivity contribution is 7.98. The topological polar surface area (TPSA) is 92.3 Å². The van der Waals surface area contributed by atoms with Crippen LogP contribution in [-0.2, 0) is 5.75 Å². The van der Waals surface area contributed by atoms with E-state index in [1.807, 2.05) is 0 Å². The van der Waals surface area contributed by atoms with Gasteiger partial charge in [0.05, 0.1) is 22.3 Å². The third kappa shape index (κ3) is 3.99. The van der Waals surface area contributed by atoms with Gasteiger partial charge in [-0.3, -0.25) is 9.36 Å². The van der Waals surface area contributed by atoms with Gasteiger partial charge in [0.1, 0.15) is 11.6 Å². The van der Waals surface area contributed by atoms with Crippen LogP contribution >= 0.6 is 11.8 Å². The van der Waals surface area contributed by atoms with Crippen LogP contribution in [0.15, 0.2) is 75.1 Å². The summed E-state index contributed by atoms with van der Waals surface area (Å²) >= 11 is 1.20. The predicted octanol–water partition coefficient (Wildman–Crippen LogP) is 4.73. The quantitative estimate of drug-likeness (QED) is 0.257. The molecule has 0 unspecified atom stereocenters. The largest absolute Gasteiger partial charge is 0.454 e. The molecule has 0 aliphatic carbocycles.